The van der Waals surface area contributed by atoms with E-state index in [-0.39, 0.29) is 22.3 Å². The summed E-state index contributed by atoms with van der Waals surface area (Å²) in [4.78, 5) is 0. The molecule has 67 heavy (non-hydrogen) atoms. The van der Waals surface area contributed by atoms with E-state index in [1.807, 2.05) is 48.6 Å². The maximum absolute atomic E-state index is 7.06. The van der Waals surface area contributed by atoms with Crippen LogP contribution < -0.4 is 11.1 Å². The molecule has 2 unspecified atom stereocenters. The molecule has 0 amide bonds. The zero-order valence-electron chi connectivity index (χ0n) is 40.3. The first-order valence-electron chi connectivity index (χ1n) is 23.8. The van der Waals surface area contributed by atoms with Crippen LogP contribution in [0, 0.1) is 0 Å². The quantitative estimate of drug-likeness (QED) is 0.112. The van der Waals surface area contributed by atoms with E-state index in [0.29, 0.717) is 6.04 Å². The average molecular weight is 875 g/mol. The molecular formula is C65H66N2. The van der Waals surface area contributed by atoms with Crippen LogP contribution in [0.4, 0.5) is 5.69 Å². The van der Waals surface area contributed by atoms with Gasteiger partial charge in [0.15, 0.2) is 0 Å². The third-order valence-electron chi connectivity index (χ3n) is 14.2. The van der Waals surface area contributed by atoms with E-state index in [4.69, 9.17) is 5.73 Å². The molecule has 4 aliphatic rings. The number of allylic oxidation sites excluding steroid dienone is 8. The molecule has 2 heteroatoms. The first-order valence-corrected chi connectivity index (χ1v) is 23.8. The molecule has 0 fully saturated rings. The Balaban J connectivity index is 0.000000446. The van der Waals surface area contributed by atoms with Gasteiger partial charge in [-0.2, -0.15) is 0 Å². The molecule has 0 spiro atoms. The largest absolute Gasteiger partial charge is 0.379 e. The summed E-state index contributed by atoms with van der Waals surface area (Å²) in [6.07, 6.45) is 24.6. The highest BCUT2D eigenvalue weighted by molar-refractivity contribution is 5.90. The summed E-state index contributed by atoms with van der Waals surface area (Å²) in [6.45, 7) is 21.0. The van der Waals surface area contributed by atoms with Gasteiger partial charge in [-0.25, -0.2) is 0 Å². The van der Waals surface area contributed by atoms with Gasteiger partial charge in [-0.05, 0) is 103 Å². The van der Waals surface area contributed by atoms with Crippen LogP contribution in [0.3, 0.4) is 0 Å². The Morgan fingerprint density at radius 3 is 1.82 bits per heavy atom. The first kappa shape index (κ1) is 46.5. The highest BCUT2D eigenvalue weighted by atomic mass is 14.9. The van der Waals surface area contributed by atoms with Gasteiger partial charge in [-0.15, -0.1) is 0 Å². The summed E-state index contributed by atoms with van der Waals surface area (Å²) in [6, 6.07) is 53.1. The maximum Gasteiger partial charge on any atom is 0.0482 e. The monoisotopic (exact) mass is 875 g/mol. The number of nitrogens with two attached hydrogens (primary N) is 1. The summed E-state index contributed by atoms with van der Waals surface area (Å²) in [5.41, 5.74) is 26.5. The zero-order chi connectivity index (χ0) is 47.2. The van der Waals surface area contributed by atoms with Crippen molar-refractivity contribution in [3.8, 4) is 22.3 Å². The van der Waals surface area contributed by atoms with Crippen molar-refractivity contribution < 1.29 is 0 Å². The van der Waals surface area contributed by atoms with Crippen LogP contribution in [-0.2, 0) is 16.2 Å². The van der Waals surface area contributed by atoms with E-state index in [0.717, 1.165) is 12.8 Å². The first-order chi connectivity index (χ1) is 32.3. The summed E-state index contributed by atoms with van der Waals surface area (Å²) in [5, 5.41) is 3.72. The van der Waals surface area contributed by atoms with Gasteiger partial charge >= 0.3 is 0 Å². The fraction of sp³-hybridized carbons (Fsp3) is 0.200. The lowest BCUT2D eigenvalue weighted by molar-refractivity contribution is 0.523. The number of hydrogen-bond acceptors (Lipinski definition) is 2. The highest BCUT2D eigenvalue weighted by Gasteiger charge is 2.43. The van der Waals surface area contributed by atoms with Crippen molar-refractivity contribution in [3.63, 3.8) is 0 Å². The maximum atomic E-state index is 7.06. The van der Waals surface area contributed by atoms with Crippen LogP contribution in [0.15, 0.2) is 225 Å². The molecule has 336 valence electrons. The van der Waals surface area contributed by atoms with E-state index < -0.39 is 0 Å². The van der Waals surface area contributed by atoms with Crippen LogP contribution in [0.2, 0.25) is 0 Å². The molecule has 0 saturated heterocycles. The second kappa shape index (κ2) is 19.8. The number of anilines is 1. The summed E-state index contributed by atoms with van der Waals surface area (Å²) in [5.74, 6) is 0. The lowest BCUT2D eigenvalue weighted by Gasteiger charge is -2.37. The van der Waals surface area contributed by atoms with Crippen molar-refractivity contribution in [2.45, 2.75) is 82.7 Å². The van der Waals surface area contributed by atoms with E-state index in [2.05, 4.69) is 212 Å². The standard InChI is InChI=1S/C53H52N2.C6H6.C6H8/c1-51(2,38-13-9-7-10-14-38)39-31-45-44-27-24-37(30-47(44)53(5,6)50(45)49(54)32-39)36-22-19-34(20-23-36)17-18-35-21-26-42-43-28-25-41(55-40-15-11-8-12-16-40)33-48(43)52(3,4)46(42)29-35;1-2-4-6-5-3-1;1-3-5-6-4-2/h7-15,17-31,33,40,49,55H,16,32,54H2,1-6H3;1-6H;3-6H,1-2H2/b18-17+;;6-5-. The third-order valence-corrected chi connectivity index (χ3v) is 14.2. The normalized spacial score (nSPS) is 18.1. The highest BCUT2D eigenvalue weighted by Crippen LogP contribution is 2.54. The number of benzene rings is 6. The predicted molar refractivity (Wildman–Crippen MR) is 291 cm³/mol. The molecule has 2 nitrogen and oxygen atoms in total. The lowest BCUT2D eigenvalue weighted by atomic mass is 9.69. The molecule has 10 rings (SSSR count). The Kier molecular flexibility index (Phi) is 13.8. The minimum absolute atomic E-state index is 0.000937. The van der Waals surface area contributed by atoms with Crippen molar-refractivity contribution in [2.24, 2.45) is 5.73 Å². The molecular weight excluding hydrogens is 809 g/mol. The van der Waals surface area contributed by atoms with Crippen molar-refractivity contribution in [1.29, 1.82) is 0 Å². The fourth-order valence-electron chi connectivity index (χ4n) is 10.3. The Hall–Kier alpha value is -7.00. The lowest BCUT2D eigenvalue weighted by Crippen LogP contribution is -2.37. The number of hydrogen-bond donors (Lipinski definition) is 2. The molecule has 0 radical (unpaired) electrons. The van der Waals surface area contributed by atoms with Crippen molar-refractivity contribution in [1.82, 2.24) is 0 Å². The topological polar surface area (TPSA) is 38.0 Å². The summed E-state index contributed by atoms with van der Waals surface area (Å²) in [7, 11) is 0. The van der Waals surface area contributed by atoms with Crippen molar-refractivity contribution in [3.05, 3.63) is 264 Å². The second-order valence-corrected chi connectivity index (χ2v) is 19.6. The van der Waals surface area contributed by atoms with Gasteiger partial charge in [0.05, 0.1) is 0 Å². The Morgan fingerprint density at radius 1 is 0.612 bits per heavy atom. The SMILES string of the molecule is C=C/C=C\C=C.CC(C)(C1=CC2=C(C(N)C1)C(C)(C)c1cc(-c3ccc(/C=C/c4ccc5c(c4)C(C)(C)c4cc(NC6C=CC=CC6)ccc4-5)cc3)ccc12)c1ccccc1.c1ccccc1. The molecule has 0 saturated carbocycles. The van der Waals surface area contributed by atoms with Crippen LogP contribution in [0.5, 0.6) is 0 Å². The van der Waals surface area contributed by atoms with Crippen molar-refractivity contribution in [2.75, 3.05) is 5.32 Å². The van der Waals surface area contributed by atoms with Gasteiger partial charge in [0.1, 0.15) is 0 Å². The van der Waals surface area contributed by atoms with Crippen LogP contribution in [0.25, 0.3) is 40.0 Å². The third kappa shape index (κ3) is 9.78. The van der Waals surface area contributed by atoms with Gasteiger partial charge in [0.2, 0.25) is 0 Å². The Morgan fingerprint density at radius 2 is 1.18 bits per heavy atom. The minimum atomic E-state index is -0.128. The molecule has 0 aromatic heterocycles. The second-order valence-electron chi connectivity index (χ2n) is 19.6. The van der Waals surface area contributed by atoms with Crippen LogP contribution in [0.1, 0.15) is 93.3 Å². The van der Waals surface area contributed by atoms with E-state index in [1.165, 1.54) is 83.6 Å². The van der Waals surface area contributed by atoms with E-state index >= 15 is 0 Å². The summed E-state index contributed by atoms with van der Waals surface area (Å²) >= 11 is 0. The van der Waals surface area contributed by atoms with Crippen molar-refractivity contribution >= 4 is 23.4 Å². The number of rotatable bonds is 9. The average Bonchev–Trinajstić information content (AvgIpc) is 3.72. The number of nitrogens with one attached hydrogen (secondary N) is 1. The fourth-order valence-corrected chi connectivity index (χ4v) is 10.3. The minimum Gasteiger partial charge on any atom is -0.379 e. The van der Waals surface area contributed by atoms with E-state index in [1.54, 1.807) is 12.2 Å². The van der Waals surface area contributed by atoms with Gasteiger partial charge in [0.25, 0.3) is 0 Å². The summed E-state index contributed by atoms with van der Waals surface area (Å²) < 4.78 is 0. The molecule has 6 aromatic rings. The van der Waals surface area contributed by atoms with Gasteiger partial charge in [-0.3, -0.25) is 0 Å². The molecule has 4 aliphatic carbocycles. The van der Waals surface area contributed by atoms with Crippen LogP contribution in [-0.4, -0.2) is 12.1 Å². The van der Waals surface area contributed by atoms with Gasteiger partial charge in [0, 0.05) is 34.0 Å². The Bertz CT molecular complexity index is 2890. The van der Waals surface area contributed by atoms with Gasteiger partial charge in [-0.1, -0.05) is 255 Å². The molecule has 0 heterocycles. The molecule has 6 aromatic carbocycles. The predicted octanol–water partition coefficient (Wildman–Crippen LogP) is 16.4. The van der Waals surface area contributed by atoms with Gasteiger partial charge < -0.3 is 11.1 Å². The van der Waals surface area contributed by atoms with Crippen LogP contribution >= 0.6 is 0 Å². The Labute approximate surface area is 401 Å². The molecule has 2 atom stereocenters. The smallest absolute Gasteiger partial charge is 0.0482 e. The van der Waals surface area contributed by atoms with E-state index in [9.17, 15) is 0 Å². The zero-order valence-corrected chi connectivity index (χ0v) is 40.3. The molecule has 0 bridgehead atoms. The molecule has 3 N–H and O–H groups in total. The molecule has 0 aliphatic heterocycles. The number of fused-ring (bicyclic) bond motifs is 5.